The lowest BCUT2D eigenvalue weighted by Gasteiger charge is -2.40. The molecular formula is C15H19F3N2O2. The summed E-state index contributed by atoms with van der Waals surface area (Å²) in [7, 11) is 0. The molecule has 7 heteroatoms. The molecule has 1 amide bonds. The zero-order valence-electron chi connectivity index (χ0n) is 12.3. The minimum atomic E-state index is -4.44. The summed E-state index contributed by atoms with van der Waals surface area (Å²) in [4.78, 5) is 13.3. The van der Waals surface area contributed by atoms with E-state index >= 15 is 0 Å². The summed E-state index contributed by atoms with van der Waals surface area (Å²) in [6, 6.07) is 5.30. The number of benzene rings is 1. The largest absolute Gasteiger partial charge is 0.416 e. The van der Waals surface area contributed by atoms with E-state index in [-0.39, 0.29) is 31.2 Å². The molecule has 0 bridgehead atoms. The second-order valence-electron chi connectivity index (χ2n) is 5.68. The predicted molar refractivity (Wildman–Crippen MR) is 74.9 cm³/mol. The average Bonchev–Trinajstić information content (AvgIpc) is 2.43. The third-order valence-corrected chi connectivity index (χ3v) is 3.78. The zero-order valence-corrected chi connectivity index (χ0v) is 12.3. The fourth-order valence-electron chi connectivity index (χ4n) is 2.61. The molecule has 1 aromatic rings. The summed E-state index contributed by atoms with van der Waals surface area (Å²) in [5.74, 6) is -0.313. The normalized spacial score (nSPS) is 23.0. The predicted octanol–water partition coefficient (Wildman–Crippen LogP) is 2.17. The number of hydrogen-bond acceptors (Lipinski definition) is 3. The van der Waals surface area contributed by atoms with Crippen LogP contribution in [-0.4, -0.2) is 36.1 Å². The van der Waals surface area contributed by atoms with E-state index in [0.29, 0.717) is 13.0 Å². The first-order valence-corrected chi connectivity index (χ1v) is 7.02. The molecule has 4 nitrogen and oxygen atoms in total. The number of hydrogen-bond donors (Lipinski definition) is 1. The summed E-state index contributed by atoms with van der Waals surface area (Å²) in [5.41, 5.74) is 4.28. The van der Waals surface area contributed by atoms with Gasteiger partial charge in [0.25, 0.3) is 0 Å². The minimum Gasteiger partial charge on any atom is -0.364 e. The van der Waals surface area contributed by atoms with Crippen LogP contribution >= 0.6 is 0 Å². The summed E-state index contributed by atoms with van der Waals surface area (Å²) < 4.78 is 44.6. The molecule has 0 spiro atoms. The van der Waals surface area contributed by atoms with E-state index in [1.54, 1.807) is 0 Å². The molecule has 0 saturated carbocycles. The van der Waals surface area contributed by atoms with Gasteiger partial charge >= 0.3 is 6.18 Å². The monoisotopic (exact) mass is 316 g/mol. The van der Waals surface area contributed by atoms with Crippen LogP contribution in [0.2, 0.25) is 0 Å². The van der Waals surface area contributed by atoms with Gasteiger partial charge in [0.05, 0.1) is 11.2 Å². The maximum Gasteiger partial charge on any atom is 0.416 e. The molecule has 1 heterocycles. The van der Waals surface area contributed by atoms with E-state index < -0.39 is 17.3 Å². The molecule has 2 rings (SSSR count). The van der Waals surface area contributed by atoms with Crippen LogP contribution in [0.3, 0.4) is 0 Å². The van der Waals surface area contributed by atoms with Crippen molar-refractivity contribution in [3.8, 4) is 0 Å². The first-order valence-electron chi connectivity index (χ1n) is 7.02. The highest BCUT2D eigenvalue weighted by molar-refractivity contribution is 5.78. The van der Waals surface area contributed by atoms with Crippen LogP contribution in [0, 0.1) is 0 Å². The molecule has 1 aliphatic rings. The molecule has 1 atom stereocenters. The van der Waals surface area contributed by atoms with E-state index in [2.05, 4.69) is 0 Å². The highest BCUT2D eigenvalue weighted by atomic mass is 19.4. The fourth-order valence-corrected chi connectivity index (χ4v) is 2.61. The van der Waals surface area contributed by atoms with Gasteiger partial charge in [-0.15, -0.1) is 0 Å². The van der Waals surface area contributed by atoms with Gasteiger partial charge in [0.15, 0.2) is 0 Å². The van der Waals surface area contributed by atoms with Crippen LogP contribution in [0.25, 0.3) is 0 Å². The Kier molecular flexibility index (Phi) is 4.77. The van der Waals surface area contributed by atoms with E-state index in [9.17, 15) is 18.0 Å². The van der Waals surface area contributed by atoms with Gasteiger partial charge in [-0.25, -0.2) is 0 Å². The molecular weight excluding hydrogens is 297 g/mol. The molecule has 2 N–H and O–H groups in total. The Morgan fingerprint density at radius 3 is 2.68 bits per heavy atom. The van der Waals surface area contributed by atoms with Gasteiger partial charge < -0.3 is 15.4 Å². The Balaban J connectivity index is 2.21. The van der Waals surface area contributed by atoms with Crippen molar-refractivity contribution in [2.75, 3.05) is 19.7 Å². The van der Waals surface area contributed by atoms with Crippen LogP contribution in [0.4, 0.5) is 13.2 Å². The number of carbonyl (C=O) groups is 1. The number of nitrogens with zero attached hydrogens (tertiary/aromatic N) is 1. The highest BCUT2D eigenvalue weighted by Crippen LogP contribution is 2.33. The molecule has 1 aliphatic heterocycles. The topological polar surface area (TPSA) is 55.6 Å². The third-order valence-electron chi connectivity index (χ3n) is 3.78. The van der Waals surface area contributed by atoms with Crippen LogP contribution in [-0.2, 0) is 22.3 Å². The lowest BCUT2D eigenvalue weighted by atomic mass is 9.98. The summed E-state index contributed by atoms with van der Waals surface area (Å²) in [6.07, 6.45) is -3.90. The summed E-state index contributed by atoms with van der Waals surface area (Å²) in [6.45, 7) is 2.21. The summed E-state index contributed by atoms with van der Waals surface area (Å²) >= 11 is 0. The smallest absolute Gasteiger partial charge is 0.364 e. The second-order valence-corrected chi connectivity index (χ2v) is 5.68. The Labute approximate surface area is 127 Å². The minimum absolute atomic E-state index is 0.0837. The number of halogens is 3. The third kappa shape index (κ3) is 3.78. The Morgan fingerprint density at radius 1 is 1.36 bits per heavy atom. The van der Waals surface area contributed by atoms with Gasteiger partial charge in [-0.2, -0.15) is 13.2 Å². The number of ether oxygens (including phenoxy) is 1. The average molecular weight is 316 g/mol. The number of morpholine rings is 1. The van der Waals surface area contributed by atoms with Gasteiger partial charge in [0, 0.05) is 13.1 Å². The van der Waals surface area contributed by atoms with Crippen molar-refractivity contribution < 1.29 is 22.7 Å². The van der Waals surface area contributed by atoms with Gasteiger partial charge in [0.2, 0.25) is 5.91 Å². The number of nitrogens with two attached hydrogens (primary N) is 1. The molecule has 1 unspecified atom stereocenters. The molecule has 0 aromatic heterocycles. The number of rotatable bonds is 4. The fraction of sp³-hybridized carbons (Fsp3) is 0.533. The maximum absolute atomic E-state index is 13.0. The molecule has 122 valence electrons. The van der Waals surface area contributed by atoms with Crippen molar-refractivity contribution in [3.05, 3.63) is 35.4 Å². The van der Waals surface area contributed by atoms with Crippen molar-refractivity contribution >= 4 is 5.91 Å². The lowest BCUT2D eigenvalue weighted by molar-refractivity contribution is -0.163. The lowest BCUT2D eigenvalue weighted by Crippen LogP contribution is -2.53. The molecule has 0 radical (unpaired) electrons. The Bertz CT molecular complexity index is 548. The van der Waals surface area contributed by atoms with Crippen molar-refractivity contribution in [1.82, 2.24) is 4.90 Å². The van der Waals surface area contributed by atoms with Crippen LogP contribution in [0.5, 0.6) is 0 Å². The number of amides is 1. The first kappa shape index (κ1) is 16.8. The molecule has 1 aromatic carbocycles. The van der Waals surface area contributed by atoms with Crippen molar-refractivity contribution in [2.45, 2.75) is 31.7 Å². The van der Waals surface area contributed by atoms with Crippen LogP contribution in [0.1, 0.15) is 24.5 Å². The maximum atomic E-state index is 13.0. The molecule has 1 saturated heterocycles. The van der Waals surface area contributed by atoms with Crippen molar-refractivity contribution in [1.29, 1.82) is 0 Å². The van der Waals surface area contributed by atoms with Gasteiger partial charge in [0.1, 0.15) is 6.61 Å². The van der Waals surface area contributed by atoms with E-state index in [0.717, 1.165) is 6.07 Å². The Morgan fingerprint density at radius 2 is 2.05 bits per heavy atom. The molecule has 0 aliphatic carbocycles. The number of alkyl halides is 3. The SMILES string of the molecule is CC1(CCN)CN(Cc2ccccc2C(F)(F)F)C(=O)CO1. The van der Waals surface area contributed by atoms with E-state index in [1.807, 2.05) is 6.92 Å². The van der Waals surface area contributed by atoms with E-state index in [4.69, 9.17) is 10.5 Å². The number of carbonyl (C=O) groups excluding carboxylic acids is 1. The Hall–Kier alpha value is -1.60. The standard InChI is InChI=1S/C15H19F3N2O2/c1-14(6-7-19)10-20(13(21)9-22-14)8-11-4-2-3-5-12(11)15(16,17)18/h2-5H,6-10,19H2,1H3. The van der Waals surface area contributed by atoms with Crippen molar-refractivity contribution in [3.63, 3.8) is 0 Å². The second kappa shape index (κ2) is 6.26. The first-order chi connectivity index (χ1) is 10.2. The molecule has 1 fully saturated rings. The molecule has 22 heavy (non-hydrogen) atoms. The van der Waals surface area contributed by atoms with Crippen LogP contribution < -0.4 is 5.73 Å². The quantitative estimate of drug-likeness (QED) is 0.926. The van der Waals surface area contributed by atoms with Gasteiger partial charge in [-0.3, -0.25) is 4.79 Å². The van der Waals surface area contributed by atoms with Gasteiger partial charge in [-0.05, 0) is 31.5 Å². The van der Waals surface area contributed by atoms with Crippen molar-refractivity contribution in [2.24, 2.45) is 5.73 Å². The van der Waals surface area contributed by atoms with Crippen LogP contribution in [0.15, 0.2) is 24.3 Å². The van der Waals surface area contributed by atoms with Gasteiger partial charge in [-0.1, -0.05) is 18.2 Å². The van der Waals surface area contributed by atoms with E-state index in [1.165, 1.54) is 23.1 Å². The zero-order chi connectivity index (χ0) is 16.4. The summed E-state index contributed by atoms with van der Waals surface area (Å²) in [5, 5.41) is 0. The highest BCUT2D eigenvalue weighted by Gasteiger charge is 2.37.